The fourth-order valence-electron chi connectivity index (χ4n) is 5.04. The molecule has 0 aromatic heterocycles. The topological polar surface area (TPSA) is 58.9 Å². The van der Waals surface area contributed by atoms with Crippen molar-refractivity contribution in [1.82, 2.24) is 0 Å². The molecule has 0 unspecified atom stereocenters. The first-order valence-electron chi connectivity index (χ1n) is 11.5. The van der Waals surface area contributed by atoms with Gasteiger partial charge in [-0.3, -0.25) is 0 Å². The molecule has 1 aliphatic rings. The number of benzene rings is 4. The zero-order valence-corrected chi connectivity index (χ0v) is 19.5. The highest BCUT2D eigenvalue weighted by Crippen LogP contribution is 2.37. The van der Waals surface area contributed by atoms with E-state index >= 15 is 0 Å². The van der Waals surface area contributed by atoms with Gasteiger partial charge in [0.15, 0.2) is 0 Å². The fraction of sp³-hybridized carbons (Fsp3) is 0.200. The Labute approximate surface area is 200 Å². The maximum absolute atomic E-state index is 11.2. The van der Waals surface area contributed by atoms with E-state index in [0.717, 1.165) is 56.0 Å². The first kappa shape index (κ1) is 21.9. The molecule has 0 radical (unpaired) electrons. The van der Waals surface area contributed by atoms with E-state index in [1.54, 1.807) is 14.2 Å². The monoisotopic (exact) mass is 452 g/mol. The van der Waals surface area contributed by atoms with Gasteiger partial charge in [-0.2, -0.15) is 0 Å². The smallest absolute Gasteiger partial charge is 0.125 e. The fourth-order valence-corrected chi connectivity index (χ4v) is 5.04. The second kappa shape index (κ2) is 9.14. The second-order valence-corrected chi connectivity index (χ2v) is 8.78. The van der Waals surface area contributed by atoms with Crippen LogP contribution in [-0.4, -0.2) is 24.4 Å². The molecule has 2 N–H and O–H groups in total. The summed E-state index contributed by atoms with van der Waals surface area (Å²) in [5, 5.41) is 22.3. The first-order valence-corrected chi connectivity index (χ1v) is 11.5. The molecule has 0 saturated carbocycles. The Morgan fingerprint density at radius 3 is 0.912 bits per heavy atom. The minimum Gasteiger partial charge on any atom is -0.507 e. The van der Waals surface area contributed by atoms with E-state index in [0.29, 0.717) is 37.2 Å². The van der Waals surface area contributed by atoms with Crippen LogP contribution in [0.25, 0.3) is 0 Å². The minimum atomic E-state index is 0.303. The molecule has 4 nitrogen and oxygen atoms in total. The molecule has 0 saturated heterocycles. The Hall–Kier alpha value is -3.92. The van der Waals surface area contributed by atoms with E-state index in [2.05, 4.69) is 0 Å². The zero-order valence-electron chi connectivity index (χ0n) is 19.5. The third-order valence-electron chi connectivity index (χ3n) is 6.69. The third-order valence-corrected chi connectivity index (χ3v) is 6.69. The predicted octanol–water partition coefficient (Wildman–Crippen LogP) is 5.79. The van der Waals surface area contributed by atoms with Crippen molar-refractivity contribution in [2.75, 3.05) is 14.2 Å². The summed E-state index contributed by atoms with van der Waals surface area (Å²) in [6.07, 6.45) is 2.17. The summed E-state index contributed by atoms with van der Waals surface area (Å²) in [4.78, 5) is 0. The van der Waals surface area contributed by atoms with Gasteiger partial charge in [-0.15, -0.1) is 0 Å². The Morgan fingerprint density at radius 2 is 0.676 bits per heavy atom. The molecule has 8 bridgehead atoms. The van der Waals surface area contributed by atoms with Crippen LogP contribution < -0.4 is 9.47 Å². The number of ether oxygens (including phenoxy) is 2. The zero-order chi connectivity index (χ0) is 23.7. The molecular formula is C30H28O4. The molecular weight excluding hydrogens is 424 g/mol. The first-order chi connectivity index (χ1) is 16.6. The van der Waals surface area contributed by atoms with Gasteiger partial charge in [0.25, 0.3) is 0 Å². The number of para-hydroxylation sites is 4. The van der Waals surface area contributed by atoms with Gasteiger partial charge in [0, 0.05) is 25.7 Å². The van der Waals surface area contributed by atoms with Crippen LogP contribution in [0, 0.1) is 0 Å². The van der Waals surface area contributed by atoms with E-state index in [1.165, 1.54) is 0 Å². The van der Waals surface area contributed by atoms with Crippen LogP contribution in [0.4, 0.5) is 0 Å². The quantitative estimate of drug-likeness (QED) is 0.356. The molecule has 34 heavy (non-hydrogen) atoms. The van der Waals surface area contributed by atoms with Crippen molar-refractivity contribution in [2.45, 2.75) is 25.7 Å². The lowest BCUT2D eigenvalue weighted by atomic mass is 9.91. The van der Waals surface area contributed by atoms with Gasteiger partial charge in [0.2, 0.25) is 0 Å². The Morgan fingerprint density at radius 1 is 0.441 bits per heavy atom. The lowest BCUT2D eigenvalue weighted by molar-refractivity contribution is 0.404. The van der Waals surface area contributed by atoms with Crippen molar-refractivity contribution in [2.24, 2.45) is 0 Å². The van der Waals surface area contributed by atoms with Gasteiger partial charge in [0.1, 0.15) is 23.0 Å². The van der Waals surface area contributed by atoms with Crippen molar-refractivity contribution in [3.63, 3.8) is 0 Å². The number of aromatic hydroxyl groups is 2. The number of hydrogen-bond donors (Lipinski definition) is 2. The molecule has 0 aliphatic heterocycles. The van der Waals surface area contributed by atoms with E-state index < -0.39 is 0 Å². The highest BCUT2D eigenvalue weighted by molar-refractivity contribution is 5.55. The van der Waals surface area contributed by atoms with Crippen LogP contribution >= 0.6 is 0 Å². The molecule has 4 heteroatoms. The van der Waals surface area contributed by atoms with Gasteiger partial charge in [-0.25, -0.2) is 0 Å². The van der Waals surface area contributed by atoms with Crippen LogP contribution in [0.5, 0.6) is 23.0 Å². The lowest BCUT2D eigenvalue weighted by Gasteiger charge is -2.19. The van der Waals surface area contributed by atoms with Gasteiger partial charge >= 0.3 is 0 Å². The molecule has 0 fully saturated rings. The average Bonchev–Trinajstić information content (AvgIpc) is 2.84. The van der Waals surface area contributed by atoms with Gasteiger partial charge in [0.05, 0.1) is 14.2 Å². The van der Waals surface area contributed by atoms with E-state index in [4.69, 9.17) is 9.47 Å². The average molecular weight is 453 g/mol. The number of hydrogen-bond acceptors (Lipinski definition) is 4. The number of fused-ring (bicyclic) bond motifs is 8. The highest BCUT2D eigenvalue weighted by atomic mass is 16.5. The molecule has 4 aromatic carbocycles. The molecule has 0 amide bonds. The van der Waals surface area contributed by atoms with E-state index in [9.17, 15) is 10.2 Å². The molecule has 5 rings (SSSR count). The van der Waals surface area contributed by atoms with Gasteiger partial charge < -0.3 is 19.7 Å². The largest absolute Gasteiger partial charge is 0.507 e. The highest BCUT2D eigenvalue weighted by Gasteiger charge is 2.19. The summed E-state index contributed by atoms with van der Waals surface area (Å²) in [7, 11) is 3.35. The SMILES string of the molecule is COc1c2cccc1Cc1cccc(c1O)Cc1cccc(c1OC)Cc1cccc(c1O)C2. The maximum atomic E-state index is 11.2. The molecule has 0 heterocycles. The van der Waals surface area contributed by atoms with Crippen molar-refractivity contribution >= 4 is 0 Å². The molecule has 0 spiro atoms. The predicted molar refractivity (Wildman–Crippen MR) is 133 cm³/mol. The molecule has 0 atom stereocenters. The summed E-state index contributed by atoms with van der Waals surface area (Å²) < 4.78 is 11.7. The summed E-state index contributed by atoms with van der Waals surface area (Å²) >= 11 is 0. The number of methoxy groups -OCH3 is 2. The third kappa shape index (κ3) is 3.96. The lowest BCUT2D eigenvalue weighted by Crippen LogP contribution is -2.03. The second-order valence-electron chi connectivity index (χ2n) is 8.78. The van der Waals surface area contributed by atoms with Gasteiger partial charge in [-0.05, 0) is 44.5 Å². The minimum absolute atomic E-state index is 0.303. The van der Waals surface area contributed by atoms with Gasteiger partial charge in [-0.1, -0.05) is 72.8 Å². The summed E-state index contributed by atoms with van der Waals surface area (Å²) in [5.74, 6) is 2.18. The van der Waals surface area contributed by atoms with Crippen molar-refractivity contribution in [1.29, 1.82) is 0 Å². The maximum Gasteiger partial charge on any atom is 0.125 e. The van der Waals surface area contributed by atoms with Crippen LogP contribution in [0.1, 0.15) is 44.5 Å². The van der Waals surface area contributed by atoms with Crippen LogP contribution in [-0.2, 0) is 25.7 Å². The molecule has 172 valence electrons. The van der Waals surface area contributed by atoms with Crippen molar-refractivity contribution in [3.05, 3.63) is 117 Å². The van der Waals surface area contributed by atoms with Crippen LogP contribution in [0.3, 0.4) is 0 Å². The number of rotatable bonds is 2. The molecule has 4 aromatic rings. The Balaban J connectivity index is 1.73. The summed E-state index contributed by atoms with van der Waals surface area (Å²) in [5.41, 5.74) is 7.37. The van der Waals surface area contributed by atoms with Crippen LogP contribution in [0.15, 0.2) is 72.8 Å². The molecule has 1 aliphatic carbocycles. The van der Waals surface area contributed by atoms with Crippen LogP contribution in [0.2, 0.25) is 0 Å². The number of phenols is 2. The van der Waals surface area contributed by atoms with Crippen molar-refractivity contribution < 1.29 is 19.7 Å². The van der Waals surface area contributed by atoms with Crippen molar-refractivity contribution in [3.8, 4) is 23.0 Å². The van der Waals surface area contributed by atoms with E-state index in [-0.39, 0.29) is 0 Å². The summed E-state index contributed by atoms with van der Waals surface area (Å²) in [6, 6.07) is 23.9. The Kier molecular flexibility index (Phi) is 5.89. The van der Waals surface area contributed by atoms with E-state index in [1.807, 2.05) is 72.8 Å². The standard InChI is InChI=1S/C30H28O4/c1-33-29-23-11-5-12-24(29)16-20-8-4-10-22(28(20)32)18-26-14-6-13-25(30(26)34-2)17-21-9-3-7-19(15-23)27(21)31/h3-14,31-32H,15-18H2,1-2H3. The number of phenolic OH excluding ortho intramolecular Hbond substituents is 2. The Bertz CT molecular complexity index is 1170. The normalized spacial score (nSPS) is 12.8. The summed E-state index contributed by atoms with van der Waals surface area (Å²) in [6.45, 7) is 0.